The largest absolute Gasteiger partial charge is 0.469 e. The van der Waals surface area contributed by atoms with E-state index in [0.29, 0.717) is 6.04 Å². The molecule has 0 bridgehead atoms. The van der Waals surface area contributed by atoms with E-state index in [1.807, 2.05) is 6.07 Å². The fraction of sp³-hybridized carbons (Fsp3) is 0.375. The van der Waals surface area contributed by atoms with Crippen molar-refractivity contribution in [2.75, 3.05) is 6.54 Å². The van der Waals surface area contributed by atoms with Crippen molar-refractivity contribution in [3.05, 3.63) is 60.1 Å². The lowest BCUT2D eigenvalue weighted by atomic mass is 9.73. The SMILES string of the molecule is CCC1(c2ccco2)CCNC1c1ccccc1. The Labute approximate surface area is 108 Å². The van der Waals surface area contributed by atoms with Gasteiger partial charge in [0.25, 0.3) is 0 Å². The van der Waals surface area contributed by atoms with Gasteiger partial charge < -0.3 is 9.73 Å². The van der Waals surface area contributed by atoms with E-state index in [9.17, 15) is 0 Å². The van der Waals surface area contributed by atoms with Crippen molar-refractivity contribution < 1.29 is 4.42 Å². The highest BCUT2D eigenvalue weighted by Gasteiger charge is 2.45. The molecule has 2 atom stereocenters. The molecule has 1 saturated heterocycles. The average Bonchev–Trinajstić information content (AvgIpc) is 3.09. The van der Waals surface area contributed by atoms with Crippen LogP contribution in [0, 0.1) is 0 Å². The summed E-state index contributed by atoms with van der Waals surface area (Å²) in [5, 5.41) is 3.64. The van der Waals surface area contributed by atoms with Gasteiger partial charge in [-0.15, -0.1) is 0 Å². The van der Waals surface area contributed by atoms with Gasteiger partial charge in [-0.2, -0.15) is 0 Å². The Morgan fingerprint density at radius 1 is 1.22 bits per heavy atom. The molecule has 0 spiro atoms. The van der Waals surface area contributed by atoms with E-state index in [2.05, 4.69) is 48.6 Å². The zero-order chi connectivity index (χ0) is 12.4. The second-order valence-electron chi connectivity index (χ2n) is 5.03. The Kier molecular flexibility index (Phi) is 2.96. The molecule has 3 rings (SSSR count). The van der Waals surface area contributed by atoms with E-state index in [1.54, 1.807) is 6.26 Å². The Balaban J connectivity index is 2.04. The van der Waals surface area contributed by atoms with Crippen molar-refractivity contribution in [3.8, 4) is 0 Å². The lowest BCUT2D eigenvalue weighted by Crippen LogP contribution is -2.32. The molecule has 2 unspecified atom stereocenters. The van der Waals surface area contributed by atoms with Crippen molar-refractivity contribution in [3.63, 3.8) is 0 Å². The van der Waals surface area contributed by atoms with Crippen LogP contribution in [0.2, 0.25) is 0 Å². The molecule has 94 valence electrons. The van der Waals surface area contributed by atoms with E-state index in [1.165, 1.54) is 5.56 Å². The zero-order valence-corrected chi connectivity index (χ0v) is 10.7. The molecule has 1 aliphatic rings. The third-order valence-electron chi connectivity index (χ3n) is 4.25. The first-order valence-corrected chi connectivity index (χ1v) is 6.69. The normalized spacial score (nSPS) is 27.5. The van der Waals surface area contributed by atoms with Gasteiger partial charge in [0.1, 0.15) is 5.76 Å². The molecule has 0 saturated carbocycles. The topological polar surface area (TPSA) is 25.2 Å². The quantitative estimate of drug-likeness (QED) is 0.887. The van der Waals surface area contributed by atoms with Crippen LogP contribution in [0.1, 0.15) is 37.1 Å². The van der Waals surface area contributed by atoms with Crippen LogP contribution in [0.25, 0.3) is 0 Å². The molecule has 1 aliphatic heterocycles. The molecule has 18 heavy (non-hydrogen) atoms. The molecule has 2 heteroatoms. The number of furan rings is 1. The molecule has 0 aliphatic carbocycles. The van der Waals surface area contributed by atoms with Crippen molar-refractivity contribution in [1.29, 1.82) is 0 Å². The first-order valence-electron chi connectivity index (χ1n) is 6.69. The Morgan fingerprint density at radius 2 is 2.06 bits per heavy atom. The minimum atomic E-state index is 0.102. The second kappa shape index (κ2) is 4.62. The van der Waals surface area contributed by atoms with Gasteiger partial charge in [-0.3, -0.25) is 0 Å². The maximum Gasteiger partial charge on any atom is 0.111 e. The molecule has 2 heterocycles. The summed E-state index contributed by atoms with van der Waals surface area (Å²) >= 11 is 0. The summed E-state index contributed by atoms with van der Waals surface area (Å²) in [5.74, 6) is 1.11. The number of nitrogens with one attached hydrogen (secondary N) is 1. The maximum atomic E-state index is 5.72. The fourth-order valence-corrected chi connectivity index (χ4v) is 3.24. The van der Waals surface area contributed by atoms with Gasteiger partial charge >= 0.3 is 0 Å². The molecular formula is C16H19NO. The summed E-state index contributed by atoms with van der Waals surface area (Å²) < 4.78 is 5.72. The highest BCUT2D eigenvalue weighted by molar-refractivity contribution is 5.30. The van der Waals surface area contributed by atoms with Crippen LogP contribution in [0.3, 0.4) is 0 Å². The minimum Gasteiger partial charge on any atom is -0.469 e. The van der Waals surface area contributed by atoms with Crippen molar-refractivity contribution in [2.24, 2.45) is 0 Å². The number of benzene rings is 1. The van der Waals surface area contributed by atoms with Gasteiger partial charge in [-0.25, -0.2) is 0 Å². The summed E-state index contributed by atoms with van der Waals surface area (Å²) in [7, 11) is 0. The van der Waals surface area contributed by atoms with Crippen molar-refractivity contribution in [2.45, 2.75) is 31.2 Å². The third kappa shape index (κ3) is 1.68. The van der Waals surface area contributed by atoms with E-state index in [4.69, 9.17) is 4.42 Å². The first-order chi connectivity index (χ1) is 8.87. The standard InChI is InChI=1S/C16H19NO/c1-2-16(14-9-6-12-18-14)10-11-17-15(16)13-7-4-3-5-8-13/h3-9,12,15,17H,2,10-11H2,1H3. The van der Waals surface area contributed by atoms with Crippen LogP contribution in [-0.4, -0.2) is 6.54 Å². The lowest BCUT2D eigenvalue weighted by molar-refractivity contribution is 0.291. The lowest BCUT2D eigenvalue weighted by Gasteiger charge is -2.32. The summed E-state index contributed by atoms with van der Waals surface area (Å²) in [5.41, 5.74) is 1.46. The van der Waals surface area contributed by atoms with Gasteiger partial charge in [0.2, 0.25) is 0 Å². The van der Waals surface area contributed by atoms with Crippen LogP contribution in [0.15, 0.2) is 53.1 Å². The summed E-state index contributed by atoms with van der Waals surface area (Å²) in [6.45, 7) is 3.31. The molecule has 1 fully saturated rings. The Morgan fingerprint density at radius 3 is 2.72 bits per heavy atom. The molecule has 1 N–H and O–H groups in total. The van der Waals surface area contributed by atoms with Crippen LogP contribution in [0.4, 0.5) is 0 Å². The van der Waals surface area contributed by atoms with E-state index in [0.717, 1.165) is 25.1 Å². The van der Waals surface area contributed by atoms with Crippen molar-refractivity contribution >= 4 is 0 Å². The van der Waals surface area contributed by atoms with Gasteiger partial charge in [0.15, 0.2) is 0 Å². The number of rotatable bonds is 3. The fourth-order valence-electron chi connectivity index (χ4n) is 3.24. The summed E-state index contributed by atoms with van der Waals surface area (Å²) in [6.07, 6.45) is 4.01. The van der Waals surface area contributed by atoms with Gasteiger partial charge in [0, 0.05) is 11.5 Å². The zero-order valence-electron chi connectivity index (χ0n) is 10.7. The number of hydrogen-bond donors (Lipinski definition) is 1. The predicted octanol–water partition coefficient (Wildman–Crippen LogP) is 3.66. The summed E-state index contributed by atoms with van der Waals surface area (Å²) in [6, 6.07) is 15.2. The average molecular weight is 241 g/mol. The molecule has 0 amide bonds. The van der Waals surface area contributed by atoms with Gasteiger partial charge in [-0.1, -0.05) is 37.3 Å². The third-order valence-corrected chi connectivity index (χ3v) is 4.25. The highest BCUT2D eigenvalue weighted by atomic mass is 16.3. The van der Waals surface area contributed by atoms with Gasteiger partial charge in [-0.05, 0) is 37.1 Å². The Hall–Kier alpha value is -1.54. The first kappa shape index (κ1) is 11.5. The van der Waals surface area contributed by atoms with E-state index < -0.39 is 0 Å². The van der Waals surface area contributed by atoms with Crippen LogP contribution in [-0.2, 0) is 5.41 Å². The maximum absolute atomic E-state index is 5.72. The van der Waals surface area contributed by atoms with E-state index in [-0.39, 0.29) is 5.41 Å². The molecule has 0 radical (unpaired) electrons. The van der Waals surface area contributed by atoms with Gasteiger partial charge in [0.05, 0.1) is 6.26 Å². The second-order valence-corrected chi connectivity index (χ2v) is 5.03. The Bertz CT molecular complexity index is 491. The predicted molar refractivity (Wildman–Crippen MR) is 72.5 cm³/mol. The monoisotopic (exact) mass is 241 g/mol. The molecule has 2 nitrogen and oxygen atoms in total. The highest BCUT2D eigenvalue weighted by Crippen LogP contribution is 2.46. The van der Waals surface area contributed by atoms with Crippen LogP contribution in [0.5, 0.6) is 0 Å². The molecule has 2 aromatic rings. The smallest absolute Gasteiger partial charge is 0.111 e. The van der Waals surface area contributed by atoms with Crippen molar-refractivity contribution in [1.82, 2.24) is 5.32 Å². The number of hydrogen-bond acceptors (Lipinski definition) is 2. The summed E-state index contributed by atoms with van der Waals surface area (Å²) in [4.78, 5) is 0. The van der Waals surface area contributed by atoms with Crippen LogP contribution >= 0.6 is 0 Å². The van der Waals surface area contributed by atoms with E-state index >= 15 is 0 Å². The molecule has 1 aromatic carbocycles. The minimum absolute atomic E-state index is 0.102. The molecular weight excluding hydrogens is 222 g/mol. The molecule has 1 aromatic heterocycles. The van der Waals surface area contributed by atoms with Crippen LogP contribution < -0.4 is 5.32 Å².